The van der Waals surface area contributed by atoms with E-state index in [0.29, 0.717) is 23.6 Å². The lowest BCUT2D eigenvalue weighted by molar-refractivity contribution is -0.140. The van der Waals surface area contributed by atoms with Crippen LogP contribution in [0.25, 0.3) is 11.4 Å². The first-order chi connectivity index (χ1) is 15.2. The molecule has 11 heteroatoms. The molecule has 0 saturated heterocycles. The van der Waals surface area contributed by atoms with Gasteiger partial charge in [0, 0.05) is 24.3 Å². The largest absolute Gasteiger partial charge is 0.465 e. The monoisotopic (exact) mass is 465 g/mol. The van der Waals surface area contributed by atoms with Gasteiger partial charge in [0.2, 0.25) is 5.28 Å². The van der Waals surface area contributed by atoms with Crippen molar-refractivity contribution in [2.45, 2.75) is 38.5 Å². The van der Waals surface area contributed by atoms with E-state index in [2.05, 4.69) is 20.3 Å². The molecule has 1 aromatic carbocycles. The Bertz CT molecular complexity index is 1160. The van der Waals surface area contributed by atoms with Crippen LogP contribution in [-0.2, 0) is 17.5 Å². The molecule has 4 rings (SSSR count). The highest BCUT2D eigenvalue weighted by Crippen LogP contribution is 2.40. The summed E-state index contributed by atoms with van der Waals surface area (Å²) in [5, 5.41) is 3.03. The van der Waals surface area contributed by atoms with Crippen molar-refractivity contribution in [3.05, 3.63) is 58.3 Å². The van der Waals surface area contributed by atoms with Crippen molar-refractivity contribution in [2.24, 2.45) is 0 Å². The Morgan fingerprint density at radius 2 is 1.91 bits per heavy atom. The van der Waals surface area contributed by atoms with Crippen LogP contribution in [0.1, 0.15) is 46.2 Å². The number of rotatable bonds is 6. The van der Waals surface area contributed by atoms with Crippen LogP contribution in [0, 0.1) is 6.92 Å². The summed E-state index contributed by atoms with van der Waals surface area (Å²) in [6.45, 7) is 1.92. The molecule has 168 valence electrons. The number of anilines is 1. The zero-order valence-electron chi connectivity index (χ0n) is 17.2. The van der Waals surface area contributed by atoms with Gasteiger partial charge in [-0.15, -0.1) is 0 Å². The highest BCUT2D eigenvalue weighted by Gasteiger charge is 2.37. The average molecular weight is 466 g/mol. The summed E-state index contributed by atoms with van der Waals surface area (Å²) < 4.78 is 45.8. The number of nitrogens with zero attached hydrogens (tertiary/aromatic N) is 4. The van der Waals surface area contributed by atoms with E-state index in [9.17, 15) is 18.0 Å². The maximum atomic E-state index is 13.1. The third kappa shape index (κ3) is 4.55. The molecule has 0 aliphatic heterocycles. The normalized spacial score (nSPS) is 13.8. The van der Waals surface area contributed by atoms with E-state index in [-0.39, 0.29) is 22.7 Å². The zero-order valence-corrected chi connectivity index (χ0v) is 18.0. The Morgan fingerprint density at radius 3 is 2.50 bits per heavy atom. The van der Waals surface area contributed by atoms with Crippen molar-refractivity contribution >= 4 is 23.4 Å². The number of imidazole rings is 1. The van der Waals surface area contributed by atoms with Crippen molar-refractivity contribution < 1.29 is 22.7 Å². The molecule has 2 aromatic heterocycles. The van der Waals surface area contributed by atoms with Gasteiger partial charge < -0.3 is 14.6 Å². The van der Waals surface area contributed by atoms with Crippen LogP contribution in [0.15, 0.2) is 30.5 Å². The summed E-state index contributed by atoms with van der Waals surface area (Å²) in [7, 11) is 1.26. The standard InChI is InChI=1S/C21H19ClF3N5O2/c1-11-16(19(31)32-2)17(29-20(22)27-11)26-9-12-3-5-13(6-4-12)18-28-15(21(23,24)25)10-30(18)14-7-8-14/h3-6,10,14H,7-9H2,1-2H3,(H,26,27,29). The molecule has 0 atom stereocenters. The summed E-state index contributed by atoms with van der Waals surface area (Å²) in [6, 6.07) is 7.04. The van der Waals surface area contributed by atoms with E-state index >= 15 is 0 Å². The van der Waals surface area contributed by atoms with Gasteiger partial charge in [-0.25, -0.2) is 14.8 Å². The number of aryl methyl sites for hydroxylation is 1. The Labute approximate surface area is 186 Å². The van der Waals surface area contributed by atoms with Gasteiger partial charge in [0.15, 0.2) is 5.69 Å². The second kappa shape index (κ2) is 8.42. The molecule has 0 spiro atoms. The minimum absolute atomic E-state index is 0.0135. The summed E-state index contributed by atoms with van der Waals surface area (Å²) >= 11 is 5.92. The molecular formula is C21H19ClF3N5O2. The number of benzene rings is 1. The van der Waals surface area contributed by atoms with E-state index in [1.807, 2.05) is 0 Å². The summed E-state index contributed by atoms with van der Waals surface area (Å²) in [6.07, 6.45) is -1.73. The summed E-state index contributed by atoms with van der Waals surface area (Å²) in [5.41, 5.74) is 1.07. The molecule has 32 heavy (non-hydrogen) atoms. The highest BCUT2D eigenvalue weighted by molar-refractivity contribution is 6.28. The predicted octanol–water partition coefficient (Wildman–Crippen LogP) is 5.05. The minimum Gasteiger partial charge on any atom is -0.465 e. The predicted molar refractivity (Wildman–Crippen MR) is 111 cm³/mol. The number of methoxy groups -OCH3 is 1. The lowest BCUT2D eigenvalue weighted by Crippen LogP contribution is -2.13. The van der Waals surface area contributed by atoms with Gasteiger partial charge in [0.1, 0.15) is 17.2 Å². The van der Waals surface area contributed by atoms with Crippen LogP contribution in [0.5, 0.6) is 0 Å². The number of hydrogen-bond donors (Lipinski definition) is 1. The number of carbonyl (C=O) groups excluding carboxylic acids is 1. The molecule has 1 fully saturated rings. The first-order valence-electron chi connectivity index (χ1n) is 9.79. The molecular weight excluding hydrogens is 447 g/mol. The maximum absolute atomic E-state index is 13.1. The summed E-state index contributed by atoms with van der Waals surface area (Å²) in [4.78, 5) is 23.9. The van der Waals surface area contributed by atoms with Gasteiger partial charge in [0.25, 0.3) is 0 Å². The third-order valence-corrected chi connectivity index (χ3v) is 5.26. The van der Waals surface area contributed by atoms with E-state index in [0.717, 1.165) is 24.6 Å². The number of ether oxygens (including phenoxy) is 1. The van der Waals surface area contributed by atoms with Gasteiger partial charge in [-0.05, 0) is 36.9 Å². The van der Waals surface area contributed by atoms with E-state index in [4.69, 9.17) is 16.3 Å². The van der Waals surface area contributed by atoms with Crippen molar-refractivity contribution in [3.63, 3.8) is 0 Å². The topological polar surface area (TPSA) is 81.9 Å². The second-order valence-corrected chi connectivity index (χ2v) is 7.77. The van der Waals surface area contributed by atoms with Crippen LogP contribution in [0.3, 0.4) is 0 Å². The SMILES string of the molecule is COC(=O)c1c(C)nc(Cl)nc1NCc1ccc(-c2nc(C(F)(F)F)cn2C2CC2)cc1. The zero-order chi connectivity index (χ0) is 23.0. The molecule has 2 heterocycles. The number of halogens is 4. The Kier molecular flexibility index (Phi) is 5.81. The minimum atomic E-state index is -4.49. The lowest BCUT2D eigenvalue weighted by atomic mass is 10.1. The molecule has 1 aliphatic carbocycles. The molecule has 0 radical (unpaired) electrons. The van der Waals surface area contributed by atoms with E-state index in [1.165, 1.54) is 7.11 Å². The third-order valence-electron chi connectivity index (χ3n) is 5.09. The Morgan fingerprint density at radius 1 is 1.22 bits per heavy atom. The van der Waals surface area contributed by atoms with Crippen LogP contribution in [0.2, 0.25) is 5.28 Å². The van der Waals surface area contributed by atoms with Crippen LogP contribution in [0.4, 0.5) is 19.0 Å². The van der Waals surface area contributed by atoms with Crippen LogP contribution in [-0.4, -0.2) is 32.6 Å². The van der Waals surface area contributed by atoms with Crippen molar-refractivity contribution in [1.82, 2.24) is 19.5 Å². The molecule has 0 bridgehead atoms. The maximum Gasteiger partial charge on any atom is 0.434 e. The number of carbonyl (C=O) groups is 1. The van der Waals surface area contributed by atoms with Crippen molar-refractivity contribution in [1.29, 1.82) is 0 Å². The molecule has 0 amide bonds. The molecule has 1 saturated carbocycles. The molecule has 7 nitrogen and oxygen atoms in total. The molecule has 1 N–H and O–H groups in total. The average Bonchev–Trinajstić information content (AvgIpc) is 3.48. The van der Waals surface area contributed by atoms with Gasteiger partial charge in [-0.3, -0.25) is 0 Å². The second-order valence-electron chi connectivity index (χ2n) is 7.43. The first-order valence-corrected chi connectivity index (χ1v) is 10.2. The fraction of sp³-hybridized carbons (Fsp3) is 0.333. The van der Waals surface area contributed by atoms with Gasteiger partial charge in [0.05, 0.1) is 12.8 Å². The van der Waals surface area contributed by atoms with E-state index < -0.39 is 17.8 Å². The van der Waals surface area contributed by atoms with Crippen LogP contribution < -0.4 is 5.32 Å². The number of alkyl halides is 3. The fourth-order valence-corrected chi connectivity index (χ4v) is 3.56. The molecule has 3 aromatic rings. The van der Waals surface area contributed by atoms with Gasteiger partial charge in [-0.2, -0.15) is 18.2 Å². The van der Waals surface area contributed by atoms with Gasteiger partial charge >= 0.3 is 12.1 Å². The Balaban J connectivity index is 1.55. The molecule has 1 aliphatic rings. The molecule has 0 unspecified atom stereocenters. The Hall–Kier alpha value is -3.14. The first kappa shape index (κ1) is 22.1. The number of hydrogen-bond acceptors (Lipinski definition) is 6. The van der Waals surface area contributed by atoms with Gasteiger partial charge in [-0.1, -0.05) is 24.3 Å². The van der Waals surface area contributed by atoms with Crippen molar-refractivity contribution in [3.8, 4) is 11.4 Å². The number of esters is 1. The van der Waals surface area contributed by atoms with Crippen molar-refractivity contribution in [2.75, 3.05) is 12.4 Å². The highest BCUT2D eigenvalue weighted by atomic mass is 35.5. The fourth-order valence-electron chi connectivity index (χ4n) is 3.35. The van der Waals surface area contributed by atoms with Crippen LogP contribution >= 0.6 is 11.6 Å². The lowest BCUT2D eigenvalue weighted by Gasteiger charge is -2.12. The summed E-state index contributed by atoms with van der Waals surface area (Å²) in [5.74, 6) is -0.0626. The quantitative estimate of drug-likeness (QED) is 0.405. The smallest absolute Gasteiger partial charge is 0.434 e. The number of aromatic nitrogens is 4. The number of nitrogens with one attached hydrogen (secondary N) is 1. The van der Waals surface area contributed by atoms with E-state index in [1.54, 1.807) is 35.8 Å².